The van der Waals surface area contributed by atoms with Crippen LogP contribution in [0.2, 0.25) is 0 Å². The number of nitrogens with zero attached hydrogens (tertiary/aromatic N) is 1. The van der Waals surface area contributed by atoms with Crippen LogP contribution in [-0.2, 0) is 9.53 Å². The minimum Gasteiger partial charge on any atom is -0.380 e. The quantitative estimate of drug-likeness (QED) is 0.759. The molecule has 4 heteroatoms. The summed E-state index contributed by atoms with van der Waals surface area (Å²) in [6, 6.07) is 0. The van der Waals surface area contributed by atoms with Gasteiger partial charge >= 0.3 is 0 Å². The highest BCUT2D eigenvalue weighted by atomic mass is 16.5. The van der Waals surface area contributed by atoms with E-state index < -0.39 is 0 Å². The maximum Gasteiger partial charge on any atom is 0.227 e. The van der Waals surface area contributed by atoms with Gasteiger partial charge in [0.2, 0.25) is 5.91 Å². The van der Waals surface area contributed by atoms with E-state index in [4.69, 9.17) is 10.5 Å². The van der Waals surface area contributed by atoms with Crippen LogP contribution in [0.5, 0.6) is 0 Å². The van der Waals surface area contributed by atoms with Gasteiger partial charge in [0, 0.05) is 26.7 Å². The lowest BCUT2D eigenvalue weighted by atomic mass is 9.96. The van der Waals surface area contributed by atoms with E-state index in [0.717, 1.165) is 25.9 Å². The first kappa shape index (κ1) is 13.5. The number of rotatable bonds is 5. The first-order valence-electron chi connectivity index (χ1n) is 6.10. The highest BCUT2D eigenvalue weighted by molar-refractivity contribution is 5.79. The third kappa shape index (κ3) is 3.46. The van der Waals surface area contributed by atoms with E-state index in [0.29, 0.717) is 12.5 Å². The fourth-order valence-electron chi connectivity index (χ4n) is 2.25. The second-order valence-electron chi connectivity index (χ2n) is 4.99. The van der Waals surface area contributed by atoms with E-state index in [1.807, 2.05) is 4.90 Å². The Morgan fingerprint density at radius 1 is 1.56 bits per heavy atom. The zero-order valence-corrected chi connectivity index (χ0v) is 10.6. The van der Waals surface area contributed by atoms with Gasteiger partial charge in [0.05, 0.1) is 12.0 Å². The standard InChI is InChI=1S/C12H24N2O2/c1-9(2)6-10(7-13)12(15)14-5-4-11(8-14)16-3/h9-11H,4-8,13H2,1-3H3. The zero-order chi connectivity index (χ0) is 12.1. The van der Waals surface area contributed by atoms with E-state index in [1.165, 1.54) is 0 Å². The van der Waals surface area contributed by atoms with E-state index in [9.17, 15) is 4.79 Å². The van der Waals surface area contributed by atoms with Crippen LogP contribution in [0.1, 0.15) is 26.7 Å². The van der Waals surface area contributed by atoms with Gasteiger partial charge in [0.1, 0.15) is 0 Å². The third-order valence-electron chi connectivity index (χ3n) is 3.18. The molecule has 0 aromatic rings. The minimum atomic E-state index is -0.0180. The molecule has 1 saturated heterocycles. The van der Waals surface area contributed by atoms with Gasteiger partial charge in [-0.2, -0.15) is 0 Å². The molecule has 0 bridgehead atoms. The molecule has 1 rings (SSSR count). The van der Waals surface area contributed by atoms with E-state index in [1.54, 1.807) is 7.11 Å². The SMILES string of the molecule is COC1CCN(C(=O)C(CN)CC(C)C)C1. The van der Waals surface area contributed by atoms with Gasteiger partial charge in [-0.25, -0.2) is 0 Å². The van der Waals surface area contributed by atoms with Crippen LogP contribution in [0.15, 0.2) is 0 Å². The van der Waals surface area contributed by atoms with Gasteiger partial charge < -0.3 is 15.4 Å². The Kier molecular flexibility index (Phi) is 5.22. The van der Waals surface area contributed by atoms with Crippen molar-refractivity contribution in [2.45, 2.75) is 32.8 Å². The average molecular weight is 228 g/mol. The monoisotopic (exact) mass is 228 g/mol. The maximum absolute atomic E-state index is 12.2. The Labute approximate surface area is 98.1 Å². The molecule has 0 spiro atoms. The summed E-state index contributed by atoms with van der Waals surface area (Å²) in [5, 5.41) is 0. The highest BCUT2D eigenvalue weighted by Crippen LogP contribution is 2.18. The fourth-order valence-corrected chi connectivity index (χ4v) is 2.25. The summed E-state index contributed by atoms with van der Waals surface area (Å²) in [6.45, 7) is 6.23. The summed E-state index contributed by atoms with van der Waals surface area (Å²) in [7, 11) is 1.70. The van der Waals surface area contributed by atoms with Crippen molar-refractivity contribution in [3.05, 3.63) is 0 Å². The Morgan fingerprint density at radius 2 is 2.25 bits per heavy atom. The Morgan fingerprint density at radius 3 is 2.69 bits per heavy atom. The number of amides is 1. The summed E-state index contributed by atoms with van der Waals surface area (Å²) in [5.41, 5.74) is 5.68. The number of hydrogen-bond donors (Lipinski definition) is 1. The molecule has 16 heavy (non-hydrogen) atoms. The molecule has 2 N–H and O–H groups in total. The van der Waals surface area contributed by atoms with Gasteiger partial charge in [-0.15, -0.1) is 0 Å². The van der Waals surface area contributed by atoms with Crippen molar-refractivity contribution < 1.29 is 9.53 Å². The molecule has 1 heterocycles. The normalized spacial score (nSPS) is 22.8. The molecule has 1 amide bonds. The van der Waals surface area contributed by atoms with E-state index in [2.05, 4.69) is 13.8 Å². The second kappa shape index (κ2) is 6.21. The van der Waals surface area contributed by atoms with Crippen LogP contribution >= 0.6 is 0 Å². The predicted octanol–water partition coefficient (Wildman–Crippen LogP) is 0.855. The first-order valence-corrected chi connectivity index (χ1v) is 6.10. The third-order valence-corrected chi connectivity index (χ3v) is 3.18. The van der Waals surface area contributed by atoms with Crippen molar-refractivity contribution in [3.63, 3.8) is 0 Å². The number of hydrogen-bond acceptors (Lipinski definition) is 3. The van der Waals surface area contributed by atoms with Crippen molar-refractivity contribution in [2.24, 2.45) is 17.6 Å². The van der Waals surface area contributed by atoms with Gasteiger partial charge in [-0.3, -0.25) is 4.79 Å². The summed E-state index contributed by atoms with van der Waals surface area (Å²) >= 11 is 0. The van der Waals surface area contributed by atoms with Gasteiger partial charge in [-0.1, -0.05) is 13.8 Å². The molecule has 1 aliphatic heterocycles. The number of carbonyl (C=O) groups excluding carboxylic acids is 1. The Bertz CT molecular complexity index is 231. The number of carbonyl (C=O) groups is 1. The van der Waals surface area contributed by atoms with Crippen LogP contribution in [-0.4, -0.2) is 43.7 Å². The summed E-state index contributed by atoms with van der Waals surface area (Å²) < 4.78 is 5.26. The molecule has 0 radical (unpaired) electrons. The van der Waals surface area contributed by atoms with Crippen molar-refractivity contribution in [2.75, 3.05) is 26.7 Å². The lowest BCUT2D eigenvalue weighted by Gasteiger charge is -2.23. The molecular weight excluding hydrogens is 204 g/mol. The molecule has 4 nitrogen and oxygen atoms in total. The van der Waals surface area contributed by atoms with Crippen molar-refractivity contribution in [1.29, 1.82) is 0 Å². The molecule has 2 unspecified atom stereocenters. The van der Waals surface area contributed by atoms with E-state index >= 15 is 0 Å². The zero-order valence-electron chi connectivity index (χ0n) is 10.6. The fraction of sp³-hybridized carbons (Fsp3) is 0.917. The molecular formula is C12H24N2O2. The smallest absolute Gasteiger partial charge is 0.227 e. The molecule has 0 aliphatic carbocycles. The van der Waals surface area contributed by atoms with Gasteiger partial charge in [-0.05, 0) is 18.8 Å². The molecule has 1 fully saturated rings. The molecule has 0 saturated carbocycles. The first-order chi connectivity index (χ1) is 7.58. The second-order valence-corrected chi connectivity index (χ2v) is 4.99. The number of ether oxygens (including phenoxy) is 1. The average Bonchev–Trinajstić information content (AvgIpc) is 2.73. The number of methoxy groups -OCH3 is 1. The summed E-state index contributed by atoms with van der Waals surface area (Å²) in [4.78, 5) is 14.1. The molecule has 0 aromatic carbocycles. The van der Waals surface area contributed by atoms with E-state index in [-0.39, 0.29) is 17.9 Å². The van der Waals surface area contributed by atoms with Crippen LogP contribution in [0.4, 0.5) is 0 Å². The summed E-state index contributed by atoms with van der Waals surface area (Å²) in [5.74, 6) is 0.699. The van der Waals surface area contributed by atoms with Crippen LogP contribution < -0.4 is 5.73 Å². The predicted molar refractivity (Wildman–Crippen MR) is 64.0 cm³/mol. The van der Waals surface area contributed by atoms with Gasteiger partial charge in [0.15, 0.2) is 0 Å². The Hall–Kier alpha value is -0.610. The molecule has 2 atom stereocenters. The van der Waals surface area contributed by atoms with Crippen molar-refractivity contribution in [1.82, 2.24) is 4.90 Å². The summed E-state index contributed by atoms with van der Waals surface area (Å²) in [6.07, 6.45) is 2.03. The van der Waals surface area contributed by atoms with Crippen molar-refractivity contribution in [3.8, 4) is 0 Å². The van der Waals surface area contributed by atoms with Crippen LogP contribution in [0, 0.1) is 11.8 Å². The largest absolute Gasteiger partial charge is 0.380 e. The lowest BCUT2D eigenvalue weighted by molar-refractivity contribution is -0.135. The number of nitrogens with two attached hydrogens (primary N) is 1. The van der Waals surface area contributed by atoms with Crippen LogP contribution in [0.3, 0.4) is 0 Å². The van der Waals surface area contributed by atoms with Crippen LogP contribution in [0.25, 0.3) is 0 Å². The molecule has 0 aromatic heterocycles. The Balaban J connectivity index is 2.49. The molecule has 94 valence electrons. The highest BCUT2D eigenvalue weighted by Gasteiger charge is 2.30. The maximum atomic E-state index is 12.2. The van der Waals surface area contributed by atoms with Gasteiger partial charge in [0.25, 0.3) is 0 Å². The number of likely N-dealkylation sites (tertiary alicyclic amines) is 1. The molecule has 1 aliphatic rings. The minimum absolute atomic E-state index is 0.0180. The topological polar surface area (TPSA) is 55.6 Å². The van der Waals surface area contributed by atoms with Crippen molar-refractivity contribution >= 4 is 5.91 Å². The lowest BCUT2D eigenvalue weighted by Crippen LogP contribution is -2.39.